The lowest BCUT2D eigenvalue weighted by Gasteiger charge is -2.64. The molecule has 0 radical (unpaired) electrons. The molecule has 7 nitrogen and oxygen atoms in total. The van der Waals surface area contributed by atoms with Crippen molar-refractivity contribution in [2.45, 2.75) is 74.3 Å². The van der Waals surface area contributed by atoms with Crippen LogP contribution in [-0.4, -0.2) is 52.8 Å². The van der Waals surface area contributed by atoms with Crippen molar-refractivity contribution in [3.8, 4) is 11.5 Å². The third-order valence-electron chi connectivity index (χ3n) is 10.4. The lowest BCUT2D eigenvalue weighted by atomic mass is 9.48. The van der Waals surface area contributed by atoms with Crippen LogP contribution in [0.3, 0.4) is 0 Å². The highest BCUT2D eigenvalue weighted by atomic mass is 16.5. The smallest absolute Gasteiger partial charge is 0.252 e. The monoisotopic (exact) mass is 537 g/mol. The molecule has 3 fully saturated rings. The Labute approximate surface area is 234 Å². The number of hydrogen-bond acceptors (Lipinski definition) is 5. The highest BCUT2D eigenvalue weighted by Crippen LogP contribution is 2.65. The van der Waals surface area contributed by atoms with Crippen LogP contribution in [0.2, 0.25) is 0 Å². The van der Waals surface area contributed by atoms with Crippen molar-refractivity contribution in [3.63, 3.8) is 0 Å². The minimum absolute atomic E-state index is 0.00902. The first-order valence-electron chi connectivity index (χ1n) is 14.8. The topological polar surface area (TPSA) is 88.7 Å². The summed E-state index contributed by atoms with van der Waals surface area (Å²) in [5.74, 6) is 0.860. The van der Waals surface area contributed by atoms with Gasteiger partial charge in [0.1, 0.15) is 11.9 Å². The number of aromatic nitrogens is 1. The van der Waals surface area contributed by atoms with Crippen LogP contribution in [0.4, 0.5) is 0 Å². The molecule has 7 heteroatoms. The van der Waals surface area contributed by atoms with Crippen molar-refractivity contribution in [3.05, 3.63) is 89.2 Å². The van der Waals surface area contributed by atoms with E-state index in [0.29, 0.717) is 24.2 Å². The van der Waals surface area contributed by atoms with Crippen LogP contribution in [0.1, 0.15) is 59.2 Å². The van der Waals surface area contributed by atoms with E-state index in [0.717, 1.165) is 49.5 Å². The number of carbonyl (C=O) groups is 1. The Kier molecular flexibility index (Phi) is 5.36. The number of hydrogen-bond donors (Lipinski definition) is 2. The maximum atomic E-state index is 13.5. The van der Waals surface area contributed by atoms with Gasteiger partial charge in [-0.3, -0.25) is 9.69 Å². The van der Waals surface area contributed by atoms with E-state index in [1.807, 2.05) is 48.8 Å². The number of rotatable bonds is 6. The number of ether oxygens (including phenoxy) is 1. The van der Waals surface area contributed by atoms with Gasteiger partial charge < -0.3 is 20.3 Å². The minimum atomic E-state index is -0.978. The Bertz CT molecular complexity index is 1470. The fourth-order valence-corrected chi connectivity index (χ4v) is 8.38. The van der Waals surface area contributed by atoms with Crippen molar-refractivity contribution < 1.29 is 24.3 Å². The maximum absolute atomic E-state index is 13.5. The van der Waals surface area contributed by atoms with E-state index < -0.39 is 17.1 Å². The highest BCUT2D eigenvalue weighted by molar-refractivity contribution is 5.94. The summed E-state index contributed by atoms with van der Waals surface area (Å²) < 4.78 is 8.58. The van der Waals surface area contributed by atoms with Gasteiger partial charge in [-0.1, -0.05) is 48.2 Å². The predicted octanol–water partition coefficient (Wildman–Crippen LogP) is 2.46. The number of carbonyl (C=O) groups excluding carboxylic acids is 1. The van der Waals surface area contributed by atoms with Crippen LogP contribution >= 0.6 is 0 Å². The molecule has 0 unspecified atom stereocenters. The van der Waals surface area contributed by atoms with Crippen LogP contribution in [0.25, 0.3) is 0 Å². The Balaban J connectivity index is 1.08. The first-order chi connectivity index (χ1) is 19.5. The van der Waals surface area contributed by atoms with E-state index in [1.54, 1.807) is 6.07 Å². The van der Waals surface area contributed by atoms with E-state index in [9.17, 15) is 15.0 Å². The van der Waals surface area contributed by atoms with Crippen molar-refractivity contribution in [1.82, 2.24) is 10.2 Å². The summed E-state index contributed by atoms with van der Waals surface area (Å²) in [5, 5.41) is 28.9. The van der Waals surface area contributed by atoms with Gasteiger partial charge in [0.2, 0.25) is 0 Å². The molecule has 206 valence electrons. The fourth-order valence-electron chi connectivity index (χ4n) is 8.38. The van der Waals surface area contributed by atoms with Gasteiger partial charge in [-0.15, -0.1) is 0 Å². The molecule has 2 aromatic carbocycles. The van der Waals surface area contributed by atoms with Crippen LogP contribution in [0, 0.1) is 5.92 Å². The molecule has 1 saturated heterocycles. The Morgan fingerprint density at radius 3 is 2.65 bits per heavy atom. The number of likely N-dealkylation sites (tertiary alicyclic amines) is 1. The highest BCUT2D eigenvalue weighted by Gasteiger charge is 2.72. The molecule has 1 aromatic heterocycles. The van der Waals surface area contributed by atoms with E-state index >= 15 is 0 Å². The third-order valence-corrected chi connectivity index (χ3v) is 10.4. The van der Waals surface area contributed by atoms with Gasteiger partial charge in [0.05, 0.1) is 22.6 Å². The first kappa shape index (κ1) is 24.4. The number of nitrogens with zero attached hydrogens (tertiary/aromatic N) is 2. The molecule has 40 heavy (non-hydrogen) atoms. The molecule has 5 aliphatic rings. The number of piperidine rings is 1. The third kappa shape index (κ3) is 3.50. The summed E-state index contributed by atoms with van der Waals surface area (Å²) in [6, 6.07) is 17.2. The predicted molar refractivity (Wildman–Crippen MR) is 146 cm³/mol. The molecule has 3 aromatic rings. The molecular weight excluding hydrogens is 502 g/mol. The van der Waals surface area contributed by atoms with Gasteiger partial charge >= 0.3 is 0 Å². The van der Waals surface area contributed by atoms with E-state index in [4.69, 9.17) is 4.74 Å². The summed E-state index contributed by atoms with van der Waals surface area (Å²) in [4.78, 5) is 16.0. The van der Waals surface area contributed by atoms with Gasteiger partial charge in [-0.25, -0.2) is 4.57 Å². The zero-order chi connectivity index (χ0) is 27.1. The molecule has 2 N–H and O–H groups in total. The van der Waals surface area contributed by atoms with Crippen LogP contribution in [-0.2, 0) is 18.4 Å². The molecular formula is C33H35N3O4. The Hall–Kier alpha value is -3.42. The Morgan fingerprint density at radius 2 is 1.88 bits per heavy atom. The summed E-state index contributed by atoms with van der Waals surface area (Å²) >= 11 is 0. The lowest BCUT2D eigenvalue weighted by molar-refractivity contribution is -0.688. The minimum Gasteiger partial charge on any atom is -0.870 e. The standard InChI is InChI=1S/C33H35N3O4/c37-26-9-8-24-18-27-33(39)13-10-25(30-32(33,28(24)29(26)40-30)14-17-36(27)20-22-6-7-22)34-31(38)23-11-15-35(16-12-23)19-21-4-2-1-3-5-21/h1-5,8-9,11-12,15-16,22,25,27,30,39H,6-7,10,13-14,17-20H2,(H-,34,37,38)/t25-,27-,30+,32+,33-/m1/s1. The molecule has 3 aliphatic carbocycles. The number of nitrogens with one attached hydrogen (secondary N) is 1. The summed E-state index contributed by atoms with van der Waals surface area (Å²) in [7, 11) is 0. The number of aliphatic hydroxyl groups is 1. The average molecular weight is 538 g/mol. The van der Waals surface area contributed by atoms with Crippen LogP contribution in [0.5, 0.6) is 11.5 Å². The summed E-state index contributed by atoms with van der Waals surface area (Å²) in [5.41, 5.74) is 2.19. The zero-order valence-corrected chi connectivity index (χ0v) is 22.6. The van der Waals surface area contributed by atoms with Crippen molar-refractivity contribution >= 4 is 5.91 Å². The molecule has 1 spiro atoms. The van der Waals surface area contributed by atoms with E-state index in [2.05, 4.69) is 26.9 Å². The molecule has 2 bridgehead atoms. The maximum Gasteiger partial charge on any atom is 0.252 e. The van der Waals surface area contributed by atoms with Gasteiger partial charge in [-0.05, 0) is 56.6 Å². The van der Waals surface area contributed by atoms with Crippen molar-refractivity contribution in [2.75, 3.05) is 13.1 Å². The van der Waals surface area contributed by atoms with Crippen molar-refractivity contribution in [2.24, 2.45) is 5.92 Å². The Morgan fingerprint density at radius 1 is 1.07 bits per heavy atom. The van der Waals surface area contributed by atoms with Gasteiger partial charge in [0, 0.05) is 35.8 Å². The van der Waals surface area contributed by atoms with Gasteiger partial charge in [0.25, 0.3) is 5.91 Å². The first-order valence-corrected chi connectivity index (χ1v) is 14.8. The summed E-state index contributed by atoms with van der Waals surface area (Å²) in [6.45, 7) is 2.65. The molecule has 2 aliphatic heterocycles. The molecule has 8 rings (SSSR count). The number of pyridine rings is 1. The van der Waals surface area contributed by atoms with Gasteiger partial charge in [0.15, 0.2) is 18.9 Å². The largest absolute Gasteiger partial charge is 0.870 e. The quantitative estimate of drug-likeness (QED) is 0.472. The SMILES string of the molecule is O=C(N[C@@H]1CC[C@@]2(O)[C@H]3Cc4ccc([O-])c5c4[C@@]2(CCN3CC2CC2)[C@H]1O5)c1cc[n+](Cc2ccccc2)cc1. The molecule has 1 amide bonds. The average Bonchev–Trinajstić information content (AvgIpc) is 3.71. The second-order valence-corrected chi connectivity index (χ2v) is 12.6. The number of amides is 1. The normalized spacial score (nSPS) is 31.8. The van der Waals surface area contributed by atoms with E-state index in [-0.39, 0.29) is 23.7 Å². The second-order valence-electron chi connectivity index (χ2n) is 12.6. The summed E-state index contributed by atoms with van der Waals surface area (Å²) in [6.07, 6.45) is 8.62. The number of benzene rings is 2. The zero-order valence-electron chi connectivity index (χ0n) is 22.6. The molecule has 5 atom stereocenters. The fraction of sp³-hybridized carbons (Fsp3) is 0.455. The van der Waals surface area contributed by atoms with Crippen molar-refractivity contribution in [1.29, 1.82) is 0 Å². The second kappa shape index (κ2) is 8.79. The van der Waals surface area contributed by atoms with Crippen LogP contribution in [0.15, 0.2) is 67.0 Å². The van der Waals surface area contributed by atoms with Crippen LogP contribution < -0.4 is 19.7 Å². The van der Waals surface area contributed by atoms with Gasteiger partial charge in [-0.2, -0.15) is 0 Å². The van der Waals surface area contributed by atoms with E-state index in [1.165, 1.54) is 18.4 Å². The molecule has 3 heterocycles. The molecule has 2 saturated carbocycles. The lowest BCUT2D eigenvalue weighted by Crippen LogP contribution is -2.78.